The number of methoxy groups -OCH3 is 1. The van der Waals surface area contributed by atoms with Crippen LogP contribution in [0, 0.1) is 0 Å². The summed E-state index contributed by atoms with van der Waals surface area (Å²) in [7, 11) is 1.30. The first kappa shape index (κ1) is 13.8. The van der Waals surface area contributed by atoms with Gasteiger partial charge in [0.25, 0.3) is 0 Å². The molecule has 86 valence electrons. The molecular formula is C8H18O6. The minimum absolute atomic E-state index is 0. The lowest BCUT2D eigenvalue weighted by molar-refractivity contribution is -0.294. The SMILES string of the molecule is C.COC1OC(CO)C(O)C(O)C1O. The van der Waals surface area contributed by atoms with Crippen molar-refractivity contribution < 1.29 is 29.9 Å². The molecule has 0 aliphatic carbocycles. The summed E-state index contributed by atoms with van der Waals surface area (Å²) >= 11 is 0. The van der Waals surface area contributed by atoms with Gasteiger partial charge in [0.1, 0.15) is 24.4 Å². The first-order chi connectivity index (χ1) is 6.11. The summed E-state index contributed by atoms with van der Waals surface area (Å²) in [5.41, 5.74) is 0. The molecule has 1 aliphatic heterocycles. The van der Waals surface area contributed by atoms with Crippen molar-refractivity contribution in [2.45, 2.75) is 38.1 Å². The number of ether oxygens (including phenoxy) is 2. The fourth-order valence-corrected chi connectivity index (χ4v) is 1.26. The van der Waals surface area contributed by atoms with Crippen molar-refractivity contribution in [3.05, 3.63) is 0 Å². The van der Waals surface area contributed by atoms with Gasteiger partial charge in [0.15, 0.2) is 6.29 Å². The summed E-state index contributed by atoms with van der Waals surface area (Å²) in [6.45, 7) is -0.440. The zero-order valence-corrected chi connectivity index (χ0v) is 7.20. The number of aliphatic hydroxyl groups excluding tert-OH is 4. The average Bonchev–Trinajstić information content (AvgIpc) is 2.15. The van der Waals surface area contributed by atoms with E-state index in [4.69, 9.17) is 14.6 Å². The molecule has 0 bridgehead atoms. The van der Waals surface area contributed by atoms with Crippen LogP contribution in [0.2, 0.25) is 0 Å². The van der Waals surface area contributed by atoms with Crippen LogP contribution in [-0.2, 0) is 9.47 Å². The molecule has 0 aromatic rings. The second-order valence-electron chi connectivity index (χ2n) is 2.93. The van der Waals surface area contributed by atoms with Crippen molar-refractivity contribution in [2.24, 2.45) is 0 Å². The van der Waals surface area contributed by atoms with Gasteiger partial charge in [-0.25, -0.2) is 0 Å². The van der Waals surface area contributed by atoms with E-state index >= 15 is 0 Å². The monoisotopic (exact) mass is 210 g/mol. The first-order valence-electron chi connectivity index (χ1n) is 3.95. The highest BCUT2D eigenvalue weighted by atomic mass is 16.7. The van der Waals surface area contributed by atoms with Crippen LogP contribution >= 0.6 is 0 Å². The quantitative estimate of drug-likeness (QED) is 0.423. The van der Waals surface area contributed by atoms with Crippen molar-refractivity contribution in [3.63, 3.8) is 0 Å². The summed E-state index contributed by atoms with van der Waals surface area (Å²) < 4.78 is 9.65. The minimum atomic E-state index is -1.36. The Morgan fingerprint density at radius 3 is 2.14 bits per heavy atom. The molecule has 0 amide bonds. The molecule has 6 nitrogen and oxygen atoms in total. The summed E-state index contributed by atoms with van der Waals surface area (Å²) in [5.74, 6) is 0. The predicted octanol–water partition coefficient (Wildman–Crippen LogP) is -1.93. The fraction of sp³-hybridized carbons (Fsp3) is 1.00. The molecule has 5 atom stereocenters. The molecular weight excluding hydrogens is 192 g/mol. The van der Waals surface area contributed by atoms with Crippen molar-refractivity contribution in [3.8, 4) is 0 Å². The van der Waals surface area contributed by atoms with E-state index in [0.29, 0.717) is 0 Å². The maximum Gasteiger partial charge on any atom is 0.186 e. The Morgan fingerprint density at radius 2 is 1.71 bits per heavy atom. The van der Waals surface area contributed by atoms with Gasteiger partial charge in [0.05, 0.1) is 6.61 Å². The molecule has 1 rings (SSSR count). The van der Waals surface area contributed by atoms with Gasteiger partial charge in [-0.15, -0.1) is 0 Å². The maximum absolute atomic E-state index is 9.28. The third-order valence-corrected chi connectivity index (χ3v) is 2.08. The second-order valence-corrected chi connectivity index (χ2v) is 2.93. The van der Waals surface area contributed by atoms with E-state index < -0.39 is 37.3 Å². The molecule has 0 spiro atoms. The first-order valence-corrected chi connectivity index (χ1v) is 3.95. The van der Waals surface area contributed by atoms with Crippen molar-refractivity contribution in [1.29, 1.82) is 0 Å². The largest absolute Gasteiger partial charge is 0.394 e. The highest BCUT2D eigenvalue weighted by Gasteiger charge is 2.43. The van der Waals surface area contributed by atoms with E-state index in [2.05, 4.69) is 0 Å². The Bertz CT molecular complexity index is 144. The van der Waals surface area contributed by atoms with Gasteiger partial charge in [-0.05, 0) is 0 Å². The second kappa shape index (κ2) is 5.59. The molecule has 6 heteroatoms. The predicted molar refractivity (Wildman–Crippen MR) is 47.5 cm³/mol. The lowest BCUT2D eigenvalue weighted by atomic mass is 9.99. The summed E-state index contributed by atoms with van der Waals surface area (Å²) in [6, 6.07) is 0. The van der Waals surface area contributed by atoms with Gasteiger partial charge in [-0.3, -0.25) is 0 Å². The van der Waals surface area contributed by atoms with Gasteiger partial charge >= 0.3 is 0 Å². The molecule has 4 N–H and O–H groups in total. The zero-order chi connectivity index (χ0) is 10.0. The molecule has 1 heterocycles. The van der Waals surface area contributed by atoms with Crippen molar-refractivity contribution >= 4 is 0 Å². The smallest absolute Gasteiger partial charge is 0.186 e. The van der Waals surface area contributed by atoms with E-state index in [-0.39, 0.29) is 7.43 Å². The average molecular weight is 210 g/mol. The van der Waals surface area contributed by atoms with Crippen LogP contribution in [-0.4, -0.2) is 64.8 Å². The fourth-order valence-electron chi connectivity index (χ4n) is 1.26. The highest BCUT2D eigenvalue weighted by molar-refractivity contribution is 4.88. The van der Waals surface area contributed by atoms with Crippen LogP contribution in [0.25, 0.3) is 0 Å². The lowest BCUT2D eigenvalue weighted by Crippen LogP contribution is -2.58. The van der Waals surface area contributed by atoms with Gasteiger partial charge in [-0.1, -0.05) is 7.43 Å². The van der Waals surface area contributed by atoms with Gasteiger partial charge in [-0.2, -0.15) is 0 Å². The van der Waals surface area contributed by atoms with Gasteiger partial charge in [0.2, 0.25) is 0 Å². The number of hydrogen-bond donors (Lipinski definition) is 4. The number of rotatable bonds is 2. The summed E-state index contributed by atoms with van der Waals surface area (Å²) in [6.07, 6.45) is -5.91. The maximum atomic E-state index is 9.28. The topological polar surface area (TPSA) is 99.4 Å². The zero-order valence-electron chi connectivity index (χ0n) is 7.20. The van der Waals surface area contributed by atoms with E-state index in [9.17, 15) is 15.3 Å². The van der Waals surface area contributed by atoms with E-state index in [1.54, 1.807) is 0 Å². The van der Waals surface area contributed by atoms with Gasteiger partial charge in [0, 0.05) is 7.11 Å². The molecule has 1 aliphatic rings. The van der Waals surface area contributed by atoms with Gasteiger partial charge < -0.3 is 29.9 Å². The van der Waals surface area contributed by atoms with E-state index in [1.807, 2.05) is 0 Å². The Hall–Kier alpha value is -0.240. The van der Waals surface area contributed by atoms with E-state index in [1.165, 1.54) is 7.11 Å². The standard InChI is InChI=1S/C7H14O6.CH4/c1-12-7-6(11)5(10)4(9)3(2-8)13-7;/h3-11H,2H2,1H3;1H4. The number of aliphatic hydroxyl groups is 4. The Labute approximate surface area is 82.7 Å². The van der Waals surface area contributed by atoms with Crippen molar-refractivity contribution in [1.82, 2.24) is 0 Å². The molecule has 1 fully saturated rings. The lowest BCUT2D eigenvalue weighted by Gasteiger charge is -2.38. The van der Waals surface area contributed by atoms with Crippen molar-refractivity contribution in [2.75, 3.05) is 13.7 Å². The Kier molecular flexibility index (Phi) is 5.50. The minimum Gasteiger partial charge on any atom is -0.394 e. The normalized spacial score (nSPS) is 43.1. The highest BCUT2D eigenvalue weighted by Crippen LogP contribution is 2.20. The van der Waals surface area contributed by atoms with Crippen LogP contribution in [0.1, 0.15) is 7.43 Å². The molecule has 0 radical (unpaired) electrons. The molecule has 0 aromatic carbocycles. The molecule has 14 heavy (non-hydrogen) atoms. The van der Waals surface area contributed by atoms with Crippen LogP contribution in [0.3, 0.4) is 0 Å². The molecule has 1 saturated heterocycles. The molecule has 0 saturated carbocycles. The molecule has 5 unspecified atom stereocenters. The van der Waals surface area contributed by atoms with Crippen LogP contribution < -0.4 is 0 Å². The number of hydrogen-bond acceptors (Lipinski definition) is 6. The van der Waals surface area contributed by atoms with Crippen LogP contribution in [0.4, 0.5) is 0 Å². The summed E-state index contributed by atoms with van der Waals surface area (Å²) in [4.78, 5) is 0. The van der Waals surface area contributed by atoms with Crippen LogP contribution in [0.15, 0.2) is 0 Å². The Balaban J connectivity index is 0.00000169. The van der Waals surface area contributed by atoms with Crippen LogP contribution in [0.5, 0.6) is 0 Å². The van der Waals surface area contributed by atoms with E-state index in [0.717, 1.165) is 0 Å². The molecule has 0 aromatic heterocycles. The third-order valence-electron chi connectivity index (χ3n) is 2.08. The Morgan fingerprint density at radius 1 is 1.14 bits per heavy atom. The summed E-state index contributed by atoms with van der Waals surface area (Å²) in [5, 5.41) is 36.6. The third kappa shape index (κ3) is 2.41.